The number of imidazole rings is 1. The molecule has 1 aromatic rings. The van der Waals surface area contributed by atoms with Crippen LogP contribution >= 0.6 is 12.2 Å². The monoisotopic (exact) mass is 276 g/mol. The van der Waals surface area contributed by atoms with Crippen LogP contribution < -0.4 is 10.5 Å². The maximum absolute atomic E-state index is 11.8. The number of rotatable bonds is 5. The molecule has 0 saturated carbocycles. The van der Waals surface area contributed by atoms with Crippen LogP contribution in [0.5, 0.6) is 0 Å². The second-order valence-corrected chi connectivity index (χ2v) is 6.58. The third-order valence-corrected chi connectivity index (χ3v) is 4.20. The van der Waals surface area contributed by atoms with E-state index in [0.29, 0.717) is 5.82 Å². The molecule has 0 fully saturated rings. The van der Waals surface area contributed by atoms with Gasteiger partial charge in [0.15, 0.2) is 5.03 Å². The van der Waals surface area contributed by atoms with Crippen LogP contribution in [0, 0.1) is 12.3 Å². The molecule has 1 heterocycles. The van der Waals surface area contributed by atoms with Gasteiger partial charge in [-0.05, 0) is 6.92 Å². The van der Waals surface area contributed by atoms with E-state index in [1.54, 1.807) is 20.8 Å². The van der Waals surface area contributed by atoms with Crippen LogP contribution in [-0.2, 0) is 10.0 Å². The first-order chi connectivity index (χ1) is 7.65. The fourth-order valence-corrected chi connectivity index (χ4v) is 2.23. The van der Waals surface area contributed by atoms with Gasteiger partial charge in [0.1, 0.15) is 5.82 Å². The molecule has 1 rings (SSSR count). The second-order valence-electron chi connectivity index (χ2n) is 4.41. The molecule has 6 nitrogen and oxygen atoms in total. The highest BCUT2D eigenvalue weighted by Gasteiger charge is 2.25. The average Bonchev–Trinajstić information content (AvgIpc) is 2.63. The summed E-state index contributed by atoms with van der Waals surface area (Å²) in [5.41, 5.74) is 4.95. The standard InChI is InChI=1S/C9H16N4O2S2/c1-6-11-4-7(13-6)17(14,15)12-5-9(2,3)8(10)16/h4,12H,5H2,1-3H3,(H2,10,16)(H,11,13). The van der Waals surface area contributed by atoms with Gasteiger partial charge >= 0.3 is 0 Å². The second kappa shape index (κ2) is 4.71. The van der Waals surface area contributed by atoms with Crippen molar-refractivity contribution < 1.29 is 8.42 Å². The van der Waals surface area contributed by atoms with Gasteiger partial charge in [-0.1, -0.05) is 26.1 Å². The van der Waals surface area contributed by atoms with Crippen LogP contribution in [-0.4, -0.2) is 29.9 Å². The lowest BCUT2D eigenvalue weighted by Crippen LogP contribution is -2.41. The molecule has 0 atom stereocenters. The summed E-state index contributed by atoms with van der Waals surface area (Å²) in [6, 6.07) is 0. The van der Waals surface area contributed by atoms with Gasteiger partial charge in [-0.2, -0.15) is 0 Å². The van der Waals surface area contributed by atoms with Gasteiger partial charge in [0.05, 0.1) is 11.2 Å². The Morgan fingerprint density at radius 1 is 1.65 bits per heavy atom. The van der Waals surface area contributed by atoms with Crippen LogP contribution in [0.25, 0.3) is 0 Å². The first kappa shape index (κ1) is 14.1. The molecule has 0 aliphatic rings. The normalized spacial score (nSPS) is 12.6. The molecule has 0 bridgehead atoms. The first-order valence-electron chi connectivity index (χ1n) is 4.96. The van der Waals surface area contributed by atoms with Gasteiger partial charge in [0, 0.05) is 12.0 Å². The number of aryl methyl sites for hydroxylation is 1. The van der Waals surface area contributed by atoms with Crippen LogP contribution in [0.3, 0.4) is 0 Å². The Labute approximate surface area is 106 Å². The minimum Gasteiger partial charge on any atom is -0.393 e. The molecule has 8 heteroatoms. The predicted octanol–water partition coefficient (Wildman–Crippen LogP) is 0.309. The number of sulfonamides is 1. The van der Waals surface area contributed by atoms with Crippen molar-refractivity contribution in [3.05, 3.63) is 12.0 Å². The van der Waals surface area contributed by atoms with Crippen molar-refractivity contribution in [2.75, 3.05) is 6.54 Å². The molecule has 17 heavy (non-hydrogen) atoms. The van der Waals surface area contributed by atoms with Gasteiger partial charge in [-0.15, -0.1) is 0 Å². The van der Waals surface area contributed by atoms with Crippen LogP contribution in [0.4, 0.5) is 0 Å². The molecule has 0 spiro atoms. The van der Waals surface area contributed by atoms with Crippen molar-refractivity contribution in [2.24, 2.45) is 11.1 Å². The fraction of sp³-hybridized carbons (Fsp3) is 0.556. The Kier molecular flexibility index (Phi) is 3.90. The lowest BCUT2D eigenvalue weighted by molar-refractivity contribution is 0.500. The third-order valence-electron chi connectivity index (χ3n) is 2.34. The number of hydrogen-bond donors (Lipinski definition) is 3. The van der Waals surface area contributed by atoms with Crippen LogP contribution in [0.2, 0.25) is 0 Å². The Balaban J connectivity index is 2.79. The molecule has 0 aromatic carbocycles. The largest absolute Gasteiger partial charge is 0.393 e. The van der Waals surface area contributed by atoms with Crippen molar-refractivity contribution in [2.45, 2.75) is 25.8 Å². The molecule has 0 saturated heterocycles. The van der Waals surface area contributed by atoms with Gasteiger partial charge < -0.3 is 10.7 Å². The molecule has 0 unspecified atom stereocenters. The summed E-state index contributed by atoms with van der Waals surface area (Å²) >= 11 is 4.86. The zero-order valence-corrected chi connectivity index (χ0v) is 11.6. The van der Waals surface area contributed by atoms with E-state index >= 15 is 0 Å². The molecule has 0 aliphatic carbocycles. The summed E-state index contributed by atoms with van der Waals surface area (Å²) in [6.07, 6.45) is 1.27. The van der Waals surface area contributed by atoms with Gasteiger partial charge in [0.2, 0.25) is 0 Å². The van der Waals surface area contributed by atoms with Gasteiger partial charge in [-0.25, -0.2) is 18.1 Å². The van der Waals surface area contributed by atoms with E-state index in [1.807, 2.05) is 0 Å². The van der Waals surface area contributed by atoms with Crippen molar-refractivity contribution >= 4 is 27.2 Å². The van der Waals surface area contributed by atoms with Crippen molar-refractivity contribution in [1.29, 1.82) is 0 Å². The van der Waals surface area contributed by atoms with E-state index in [-0.39, 0.29) is 16.6 Å². The lowest BCUT2D eigenvalue weighted by Gasteiger charge is -2.22. The third kappa shape index (κ3) is 3.48. The summed E-state index contributed by atoms with van der Waals surface area (Å²) in [5, 5.41) is 0.0359. The Morgan fingerprint density at radius 3 is 2.65 bits per heavy atom. The van der Waals surface area contributed by atoms with Crippen molar-refractivity contribution in [3.63, 3.8) is 0 Å². The molecule has 1 aromatic heterocycles. The van der Waals surface area contributed by atoms with Crippen molar-refractivity contribution in [3.8, 4) is 0 Å². The first-order valence-corrected chi connectivity index (χ1v) is 6.85. The molecular weight excluding hydrogens is 260 g/mol. The Bertz CT molecular complexity index is 519. The van der Waals surface area contributed by atoms with Gasteiger partial charge in [0.25, 0.3) is 10.0 Å². The SMILES string of the molecule is Cc1ncc(S(=O)(=O)NCC(C)(C)C(N)=S)[nH]1. The fourth-order valence-electron chi connectivity index (χ4n) is 0.975. The minimum atomic E-state index is -3.59. The molecular formula is C9H16N4O2S2. The predicted molar refractivity (Wildman–Crippen MR) is 69.1 cm³/mol. The van der Waals surface area contributed by atoms with E-state index in [4.69, 9.17) is 18.0 Å². The summed E-state index contributed by atoms with van der Waals surface area (Å²) < 4.78 is 26.1. The molecule has 0 amide bonds. The van der Waals surface area contributed by atoms with Crippen LogP contribution in [0.15, 0.2) is 11.2 Å². The van der Waals surface area contributed by atoms with E-state index in [9.17, 15) is 8.42 Å². The van der Waals surface area contributed by atoms with E-state index < -0.39 is 15.4 Å². The maximum Gasteiger partial charge on any atom is 0.257 e. The zero-order valence-electron chi connectivity index (χ0n) is 9.94. The number of nitrogens with two attached hydrogens (primary N) is 1. The highest BCUT2D eigenvalue weighted by Crippen LogP contribution is 2.15. The van der Waals surface area contributed by atoms with E-state index in [2.05, 4.69) is 14.7 Å². The van der Waals surface area contributed by atoms with E-state index in [0.717, 1.165) is 0 Å². The zero-order chi connectivity index (χ0) is 13.3. The Morgan fingerprint density at radius 2 is 2.24 bits per heavy atom. The molecule has 96 valence electrons. The average molecular weight is 276 g/mol. The number of nitrogens with zero attached hydrogens (tertiary/aromatic N) is 1. The summed E-state index contributed by atoms with van der Waals surface area (Å²) in [7, 11) is -3.59. The smallest absolute Gasteiger partial charge is 0.257 e. The summed E-state index contributed by atoms with van der Waals surface area (Å²) in [4.78, 5) is 6.76. The number of aromatic nitrogens is 2. The highest BCUT2D eigenvalue weighted by molar-refractivity contribution is 7.89. The van der Waals surface area contributed by atoms with Crippen LogP contribution in [0.1, 0.15) is 19.7 Å². The number of H-pyrrole nitrogens is 1. The highest BCUT2D eigenvalue weighted by atomic mass is 32.2. The molecule has 0 radical (unpaired) electrons. The van der Waals surface area contributed by atoms with E-state index in [1.165, 1.54) is 6.20 Å². The quantitative estimate of drug-likeness (QED) is 0.672. The van der Waals surface area contributed by atoms with Gasteiger partial charge in [-0.3, -0.25) is 0 Å². The molecule has 0 aliphatic heterocycles. The number of aromatic amines is 1. The lowest BCUT2D eigenvalue weighted by atomic mass is 9.94. The molecule has 4 N–H and O–H groups in total. The maximum atomic E-state index is 11.8. The van der Waals surface area contributed by atoms with Crippen molar-refractivity contribution in [1.82, 2.24) is 14.7 Å². The number of nitrogens with one attached hydrogen (secondary N) is 2. The topological polar surface area (TPSA) is 101 Å². The number of thiocarbonyl (C=S) groups is 1. The number of hydrogen-bond acceptors (Lipinski definition) is 4. The minimum absolute atomic E-state index is 0.0359. The summed E-state index contributed by atoms with van der Waals surface area (Å²) in [5.74, 6) is 0.541. The Hall–Kier alpha value is -0.990. The summed E-state index contributed by atoms with van der Waals surface area (Å²) in [6.45, 7) is 5.37.